The molecule has 0 bridgehead atoms. The van der Waals surface area contributed by atoms with Gasteiger partial charge in [-0.3, -0.25) is 0 Å². The zero-order chi connectivity index (χ0) is 22.4. The lowest BCUT2D eigenvalue weighted by Gasteiger charge is -2.21. The third kappa shape index (κ3) is 7.62. The molecule has 0 fully saturated rings. The van der Waals surface area contributed by atoms with Gasteiger partial charge in [0, 0.05) is 13.1 Å². The molecule has 0 aliphatic carbocycles. The standard InChI is InChI=1S/C21H24F6N2O/c1-29(2)9-8-28-19(16-6-4-3-5-7-16)14-30-13-15-10-17(20(22,23)24)12-18(11-15)21(25,26)27/h3-7,10-12,19,28H,8-9,13-14H2,1-2H3/t19-/m1/s1. The first-order valence-corrected chi connectivity index (χ1v) is 9.26. The SMILES string of the molecule is CN(C)CCN[C@H](COCc1cc(C(F)(F)F)cc(C(F)(F)F)c1)c1ccccc1. The highest BCUT2D eigenvalue weighted by Crippen LogP contribution is 2.36. The molecule has 166 valence electrons. The number of ether oxygens (including phenoxy) is 1. The van der Waals surface area contributed by atoms with Crippen LogP contribution in [0.1, 0.15) is 28.3 Å². The van der Waals surface area contributed by atoms with Crippen molar-refractivity contribution in [3.63, 3.8) is 0 Å². The molecule has 2 aromatic rings. The van der Waals surface area contributed by atoms with Gasteiger partial charge in [0.1, 0.15) is 0 Å². The van der Waals surface area contributed by atoms with Crippen molar-refractivity contribution in [3.8, 4) is 0 Å². The summed E-state index contributed by atoms with van der Waals surface area (Å²) < 4.78 is 83.5. The Morgan fingerprint density at radius 2 is 1.47 bits per heavy atom. The van der Waals surface area contributed by atoms with Gasteiger partial charge in [-0.25, -0.2) is 0 Å². The summed E-state index contributed by atoms with van der Waals surface area (Å²) in [5.74, 6) is 0. The first-order valence-electron chi connectivity index (χ1n) is 9.26. The largest absolute Gasteiger partial charge is 0.416 e. The molecule has 2 rings (SSSR count). The summed E-state index contributed by atoms with van der Waals surface area (Å²) >= 11 is 0. The molecular weight excluding hydrogens is 410 g/mol. The van der Waals surface area contributed by atoms with Crippen LogP contribution in [-0.2, 0) is 23.7 Å². The van der Waals surface area contributed by atoms with E-state index in [2.05, 4.69) is 5.32 Å². The fraction of sp³-hybridized carbons (Fsp3) is 0.429. The van der Waals surface area contributed by atoms with Crippen molar-refractivity contribution in [3.05, 3.63) is 70.8 Å². The van der Waals surface area contributed by atoms with Gasteiger partial charge < -0.3 is 15.0 Å². The van der Waals surface area contributed by atoms with E-state index in [9.17, 15) is 26.3 Å². The van der Waals surface area contributed by atoms with Crippen molar-refractivity contribution in [1.82, 2.24) is 10.2 Å². The number of hydrogen-bond donors (Lipinski definition) is 1. The van der Waals surface area contributed by atoms with E-state index in [0.717, 1.165) is 12.1 Å². The van der Waals surface area contributed by atoms with Crippen LogP contribution in [0.2, 0.25) is 0 Å². The van der Waals surface area contributed by atoms with E-state index < -0.39 is 23.5 Å². The summed E-state index contributed by atoms with van der Waals surface area (Å²) in [5.41, 5.74) is -1.96. The van der Waals surface area contributed by atoms with Gasteiger partial charge >= 0.3 is 12.4 Å². The summed E-state index contributed by atoms with van der Waals surface area (Å²) in [7, 11) is 3.84. The maximum absolute atomic E-state index is 13.0. The molecule has 0 unspecified atom stereocenters. The van der Waals surface area contributed by atoms with Crippen LogP contribution in [0.25, 0.3) is 0 Å². The predicted molar refractivity (Wildman–Crippen MR) is 102 cm³/mol. The molecular formula is C21H24F6N2O. The Hall–Kier alpha value is -2.10. The Morgan fingerprint density at radius 3 is 1.97 bits per heavy atom. The third-order valence-corrected chi connectivity index (χ3v) is 4.35. The topological polar surface area (TPSA) is 24.5 Å². The number of alkyl halides is 6. The zero-order valence-corrected chi connectivity index (χ0v) is 16.6. The Kier molecular flexibility index (Phi) is 8.28. The average molecular weight is 434 g/mol. The molecule has 0 heterocycles. The molecule has 2 aromatic carbocycles. The van der Waals surface area contributed by atoms with Crippen LogP contribution in [0.4, 0.5) is 26.3 Å². The van der Waals surface area contributed by atoms with Gasteiger partial charge in [-0.15, -0.1) is 0 Å². The second-order valence-corrected chi connectivity index (χ2v) is 7.15. The normalized spacial score (nSPS) is 13.6. The summed E-state index contributed by atoms with van der Waals surface area (Å²) in [4.78, 5) is 1.98. The minimum Gasteiger partial charge on any atom is -0.375 e. The van der Waals surface area contributed by atoms with Crippen LogP contribution in [0.5, 0.6) is 0 Å². The number of nitrogens with one attached hydrogen (secondary N) is 1. The summed E-state index contributed by atoms with van der Waals surface area (Å²) in [5, 5.41) is 3.30. The Balaban J connectivity index is 2.11. The smallest absolute Gasteiger partial charge is 0.375 e. The summed E-state index contributed by atoms with van der Waals surface area (Å²) in [6.45, 7) is 1.12. The molecule has 30 heavy (non-hydrogen) atoms. The van der Waals surface area contributed by atoms with Crippen LogP contribution in [0.15, 0.2) is 48.5 Å². The predicted octanol–water partition coefficient (Wildman–Crippen LogP) is 5.13. The molecule has 1 N–H and O–H groups in total. The number of rotatable bonds is 9. The Bertz CT molecular complexity index is 758. The van der Waals surface area contributed by atoms with Crippen molar-refractivity contribution < 1.29 is 31.1 Å². The maximum Gasteiger partial charge on any atom is 0.416 e. The minimum absolute atomic E-state index is 0.0923. The molecule has 9 heteroatoms. The number of hydrogen-bond acceptors (Lipinski definition) is 3. The Labute approximate surface area is 171 Å². The molecule has 1 atom stereocenters. The number of likely N-dealkylation sites (N-methyl/N-ethyl adjacent to an activating group) is 1. The van der Waals surface area contributed by atoms with Gasteiger partial charge in [-0.2, -0.15) is 26.3 Å². The minimum atomic E-state index is -4.88. The van der Waals surface area contributed by atoms with E-state index in [1.165, 1.54) is 0 Å². The van der Waals surface area contributed by atoms with Crippen LogP contribution in [0.3, 0.4) is 0 Å². The molecule has 0 saturated heterocycles. The third-order valence-electron chi connectivity index (χ3n) is 4.35. The van der Waals surface area contributed by atoms with Crippen molar-refractivity contribution in [2.45, 2.75) is 25.0 Å². The van der Waals surface area contributed by atoms with Crippen LogP contribution < -0.4 is 5.32 Å². The van der Waals surface area contributed by atoms with Crippen molar-refractivity contribution in [2.75, 3.05) is 33.8 Å². The highest BCUT2D eigenvalue weighted by molar-refractivity contribution is 5.33. The highest BCUT2D eigenvalue weighted by Gasteiger charge is 2.36. The molecule has 3 nitrogen and oxygen atoms in total. The van der Waals surface area contributed by atoms with Crippen molar-refractivity contribution in [2.24, 2.45) is 0 Å². The second kappa shape index (κ2) is 10.3. The number of benzene rings is 2. The van der Waals surface area contributed by atoms with E-state index in [4.69, 9.17) is 4.74 Å². The van der Waals surface area contributed by atoms with Crippen LogP contribution >= 0.6 is 0 Å². The lowest BCUT2D eigenvalue weighted by atomic mass is 10.0. The number of nitrogens with zero attached hydrogens (tertiary/aromatic N) is 1. The summed E-state index contributed by atoms with van der Waals surface area (Å²) in [6, 6.07) is 10.5. The van der Waals surface area contributed by atoms with Gasteiger partial charge in [0.2, 0.25) is 0 Å². The Morgan fingerprint density at radius 1 is 0.900 bits per heavy atom. The highest BCUT2D eigenvalue weighted by atomic mass is 19.4. The fourth-order valence-corrected chi connectivity index (χ4v) is 2.82. The molecule has 0 aliphatic heterocycles. The maximum atomic E-state index is 13.0. The monoisotopic (exact) mass is 434 g/mol. The van der Waals surface area contributed by atoms with Crippen LogP contribution in [-0.4, -0.2) is 38.7 Å². The summed E-state index contributed by atoms with van der Waals surface area (Å²) in [6.07, 6.45) is -9.76. The number of halogens is 6. The molecule has 0 spiro atoms. The van der Waals surface area contributed by atoms with E-state index in [1.807, 2.05) is 49.3 Å². The van der Waals surface area contributed by atoms with E-state index in [0.29, 0.717) is 18.7 Å². The van der Waals surface area contributed by atoms with Crippen LogP contribution in [0, 0.1) is 0 Å². The average Bonchev–Trinajstić information content (AvgIpc) is 2.65. The first-order chi connectivity index (χ1) is 14.0. The van der Waals surface area contributed by atoms with Gasteiger partial charge in [0.15, 0.2) is 0 Å². The van der Waals surface area contributed by atoms with Gasteiger partial charge in [-0.1, -0.05) is 30.3 Å². The van der Waals surface area contributed by atoms with Crippen molar-refractivity contribution in [1.29, 1.82) is 0 Å². The van der Waals surface area contributed by atoms with E-state index in [1.54, 1.807) is 0 Å². The molecule has 0 radical (unpaired) electrons. The molecule has 0 aliphatic rings. The van der Waals surface area contributed by atoms with E-state index >= 15 is 0 Å². The second-order valence-electron chi connectivity index (χ2n) is 7.15. The van der Waals surface area contributed by atoms with Crippen molar-refractivity contribution >= 4 is 0 Å². The molecule has 0 aromatic heterocycles. The lowest BCUT2D eigenvalue weighted by molar-refractivity contribution is -0.143. The quantitative estimate of drug-likeness (QED) is 0.554. The molecule has 0 amide bonds. The van der Waals surface area contributed by atoms with Gasteiger partial charge in [0.25, 0.3) is 0 Å². The fourth-order valence-electron chi connectivity index (χ4n) is 2.82. The van der Waals surface area contributed by atoms with Gasteiger partial charge in [-0.05, 0) is 43.4 Å². The zero-order valence-electron chi connectivity index (χ0n) is 16.6. The van der Waals surface area contributed by atoms with Gasteiger partial charge in [0.05, 0.1) is 30.4 Å². The van der Waals surface area contributed by atoms with E-state index in [-0.39, 0.29) is 30.9 Å². The molecule has 0 saturated carbocycles. The first kappa shape index (κ1) is 24.2. The lowest BCUT2D eigenvalue weighted by Crippen LogP contribution is -2.32.